The molecule has 0 radical (unpaired) electrons. The van der Waals surface area contributed by atoms with E-state index in [0.717, 1.165) is 28.2 Å². The fourth-order valence-electron chi connectivity index (χ4n) is 5.78. The minimum absolute atomic E-state index is 0.0498. The van der Waals surface area contributed by atoms with Crippen molar-refractivity contribution < 1.29 is 19.1 Å². The van der Waals surface area contributed by atoms with Crippen LogP contribution in [0.15, 0.2) is 91.1 Å². The Bertz CT molecular complexity index is 1530. The van der Waals surface area contributed by atoms with Crippen molar-refractivity contribution in [2.24, 2.45) is 0 Å². The van der Waals surface area contributed by atoms with Crippen LogP contribution in [0, 0.1) is 0 Å². The molecule has 5 rings (SSSR count). The van der Waals surface area contributed by atoms with Crippen molar-refractivity contribution in [2.45, 2.75) is 45.2 Å². The smallest absolute Gasteiger partial charge is 0.247 e. The summed E-state index contributed by atoms with van der Waals surface area (Å²) in [5, 5.41) is 0. The summed E-state index contributed by atoms with van der Waals surface area (Å²) in [6, 6.07) is 26.6. The molecule has 1 aliphatic heterocycles. The lowest BCUT2D eigenvalue weighted by atomic mass is 9.94. The van der Waals surface area contributed by atoms with Gasteiger partial charge in [0.15, 0.2) is 0 Å². The third-order valence-corrected chi connectivity index (χ3v) is 7.84. The zero-order chi connectivity index (χ0) is 29.1. The highest BCUT2D eigenvalue weighted by molar-refractivity contribution is 6.01. The quantitative estimate of drug-likeness (QED) is 0.243. The van der Waals surface area contributed by atoms with E-state index in [2.05, 4.69) is 4.57 Å². The Kier molecular flexibility index (Phi) is 8.15. The van der Waals surface area contributed by atoms with E-state index in [4.69, 9.17) is 9.47 Å². The van der Waals surface area contributed by atoms with Crippen molar-refractivity contribution in [1.82, 2.24) is 9.47 Å². The summed E-state index contributed by atoms with van der Waals surface area (Å²) in [6.45, 7) is 5.87. The van der Waals surface area contributed by atoms with Crippen LogP contribution in [0.25, 0.3) is 5.69 Å². The van der Waals surface area contributed by atoms with E-state index >= 15 is 0 Å². The highest BCUT2D eigenvalue weighted by atomic mass is 16.5. The summed E-state index contributed by atoms with van der Waals surface area (Å²) in [5.41, 5.74) is 4.34. The van der Waals surface area contributed by atoms with Gasteiger partial charge in [-0.1, -0.05) is 49.4 Å². The molecule has 212 valence electrons. The van der Waals surface area contributed by atoms with Crippen LogP contribution in [-0.4, -0.2) is 48.1 Å². The first-order valence-corrected chi connectivity index (χ1v) is 14.1. The number of ether oxygens (including phenoxy) is 2. The van der Waals surface area contributed by atoms with E-state index in [-0.39, 0.29) is 30.3 Å². The first-order valence-electron chi connectivity index (χ1n) is 14.1. The minimum Gasteiger partial charge on any atom is -0.497 e. The van der Waals surface area contributed by atoms with E-state index in [9.17, 15) is 9.59 Å². The van der Waals surface area contributed by atoms with Crippen molar-refractivity contribution in [3.8, 4) is 17.2 Å². The number of fused-ring (bicyclic) bond motifs is 3. The van der Waals surface area contributed by atoms with E-state index in [0.29, 0.717) is 17.9 Å². The van der Waals surface area contributed by atoms with Gasteiger partial charge >= 0.3 is 0 Å². The molecule has 2 heterocycles. The van der Waals surface area contributed by atoms with Gasteiger partial charge in [-0.15, -0.1) is 0 Å². The molecule has 1 aromatic heterocycles. The fourth-order valence-corrected chi connectivity index (χ4v) is 5.78. The lowest BCUT2D eigenvalue weighted by molar-refractivity contribution is -0.138. The number of benzene rings is 3. The number of methoxy groups -OCH3 is 2. The second-order valence-electron chi connectivity index (χ2n) is 10.5. The molecule has 0 aliphatic carbocycles. The van der Waals surface area contributed by atoms with Crippen LogP contribution in [0.1, 0.15) is 56.0 Å². The van der Waals surface area contributed by atoms with E-state index in [1.54, 1.807) is 19.1 Å². The Morgan fingerprint density at radius 1 is 0.878 bits per heavy atom. The minimum atomic E-state index is -0.502. The summed E-state index contributed by atoms with van der Waals surface area (Å²) in [7, 11) is 3.25. The molecular formula is C34H37N3O4. The Hall–Kier alpha value is -4.52. The van der Waals surface area contributed by atoms with Crippen molar-refractivity contribution in [1.29, 1.82) is 0 Å². The number of amides is 2. The molecule has 2 amide bonds. The zero-order valence-corrected chi connectivity index (χ0v) is 24.3. The predicted molar refractivity (Wildman–Crippen MR) is 161 cm³/mol. The van der Waals surface area contributed by atoms with Crippen LogP contribution < -0.4 is 14.4 Å². The number of nitrogens with zero attached hydrogens (tertiary/aromatic N) is 3. The summed E-state index contributed by atoms with van der Waals surface area (Å²) >= 11 is 0. The molecule has 7 nitrogen and oxygen atoms in total. The molecule has 0 bridgehead atoms. The predicted octanol–water partition coefficient (Wildman–Crippen LogP) is 6.36. The monoisotopic (exact) mass is 551 g/mol. The number of rotatable bonds is 9. The summed E-state index contributed by atoms with van der Waals surface area (Å²) < 4.78 is 13.5. The van der Waals surface area contributed by atoms with Crippen LogP contribution in [0.2, 0.25) is 0 Å². The van der Waals surface area contributed by atoms with E-state index in [1.165, 1.54) is 0 Å². The molecule has 2 atom stereocenters. The van der Waals surface area contributed by atoms with E-state index < -0.39 is 6.04 Å². The molecule has 0 fully saturated rings. The van der Waals surface area contributed by atoms with Gasteiger partial charge in [-0.3, -0.25) is 14.5 Å². The normalized spacial score (nSPS) is 14.7. The standard InChI is InChI=1S/C34H37N3O4/c1-6-26(24-13-8-7-9-14-24)34(39)36(23(2)3)22-32(38)37-29-16-11-10-15-28(29)35-20-12-17-30(35)33(37)27-21-25(40-4)18-19-31(27)41-5/h7-21,23,26,33H,6,22H2,1-5H3. The maximum atomic E-state index is 14.5. The van der Waals surface area contributed by atoms with Crippen molar-refractivity contribution in [2.75, 3.05) is 25.7 Å². The van der Waals surface area contributed by atoms with Gasteiger partial charge in [-0.25, -0.2) is 0 Å². The molecule has 4 aromatic rings. The Morgan fingerprint density at radius 2 is 1.59 bits per heavy atom. The summed E-state index contributed by atoms with van der Waals surface area (Å²) in [4.78, 5) is 32.1. The Labute approximate surface area is 241 Å². The number of hydrogen-bond acceptors (Lipinski definition) is 4. The molecular weight excluding hydrogens is 514 g/mol. The van der Waals surface area contributed by atoms with Gasteiger partial charge in [-0.2, -0.15) is 0 Å². The molecule has 41 heavy (non-hydrogen) atoms. The van der Waals surface area contributed by atoms with Gasteiger partial charge in [0, 0.05) is 17.8 Å². The number of para-hydroxylation sites is 2. The summed E-state index contributed by atoms with van der Waals surface area (Å²) in [5.74, 6) is 0.757. The average Bonchev–Trinajstić information content (AvgIpc) is 3.49. The van der Waals surface area contributed by atoms with Gasteiger partial charge in [0.2, 0.25) is 11.8 Å². The Balaban J connectivity index is 1.60. The molecule has 2 unspecified atom stereocenters. The second-order valence-corrected chi connectivity index (χ2v) is 10.5. The number of carbonyl (C=O) groups excluding carboxylic acids is 2. The first kappa shape index (κ1) is 28.0. The number of anilines is 1. The number of hydrogen-bond donors (Lipinski definition) is 0. The van der Waals surface area contributed by atoms with Crippen LogP contribution in [0.4, 0.5) is 5.69 Å². The van der Waals surface area contributed by atoms with Crippen LogP contribution >= 0.6 is 0 Å². The number of carbonyl (C=O) groups is 2. The van der Waals surface area contributed by atoms with Crippen LogP contribution in [-0.2, 0) is 9.59 Å². The lowest BCUT2D eigenvalue weighted by Crippen LogP contribution is -2.49. The van der Waals surface area contributed by atoms with Gasteiger partial charge in [0.25, 0.3) is 0 Å². The summed E-state index contributed by atoms with van der Waals surface area (Å²) in [6.07, 6.45) is 2.65. The van der Waals surface area contributed by atoms with Gasteiger partial charge in [0.1, 0.15) is 24.1 Å². The lowest BCUT2D eigenvalue weighted by Gasteiger charge is -2.40. The van der Waals surface area contributed by atoms with Gasteiger partial charge in [0.05, 0.1) is 37.2 Å². The highest BCUT2D eigenvalue weighted by Gasteiger charge is 2.39. The molecule has 7 heteroatoms. The molecule has 0 saturated heterocycles. The third kappa shape index (κ3) is 5.20. The molecule has 3 aromatic carbocycles. The Morgan fingerprint density at radius 3 is 2.24 bits per heavy atom. The number of aromatic nitrogens is 1. The van der Waals surface area contributed by atoms with Crippen molar-refractivity contribution in [3.05, 3.63) is 108 Å². The third-order valence-electron chi connectivity index (χ3n) is 7.84. The molecule has 0 saturated carbocycles. The van der Waals surface area contributed by atoms with Gasteiger partial charge < -0.3 is 18.9 Å². The average molecular weight is 552 g/mol. The van der Waals surface area contributed by atoms with Gasteiger partial charge in [-0.05, 0) is 68.3 Å². The zero-order valence-electron chi connectivity index (χ0n) is 24.3. The second kappa shape index (κ2) is 11.9. The molecule has 0 N–H and O–H groups in total. The maximum absolute atomic E-state index is 14.5. The largest absolute Gasteiger partial charge is 0.497 e. The van der Waals surface area contributed by atoms with E-state index in [1.807, 2.05) is 117 Å². The van der Waals surface area contributed by atoms with Crippen molar-refractivity contribution in [3.63, 3.8) is 0 Å². The first-order chi connectivity index (χ1) is 19.9. The topological polar surface area (TPSA) is 64.0 Å². The van der Waals surface area contributed by atoms with Crippen LogP contribution in [0.5, 0.6) is 11.5 Å². The molecule has 0 spiro atoms. The van der Waals surface area contributed by atoms with Crippen molar-refractivity contribution >= 4 is 17.5 Å². The maximum Gasteiger partial charge on any atom is 0.247 e. The fraction of sp³-hybridized carbons (Fsp3) is 0.294. The SMILES string of the molecule is CCC(C(=O)N(CC(=O)N1c2ccccc2-n2cccc2C1c1cc(OC)ccc1OC)C(C)C)c1ccccc1. The molecule has 1 aliphatic rings. The highest BCUT2D eigenvalue weighted by Crippen LogP contribution is 2.45. The van der Waals surface area contributed by atoms with Crippen LogP contribution in [0.3, 0.4) is 0 Å².